The largest absolute Gasteiger partial charge is 0.312 e. The fourth-order valence-corrected chi connectivity index (χ4v) is 4.99. The van der Waals surface area contributed by atoms with Crippen molar-refractivity contribution in [3.63, 3.8) is 0 Å². The van der Waals surface area contributed by atoms with Gasteiger partial charge in [0.25, 0.3) is 0 Å². The van der Waals surface area contributed by atoms with Crippen LogP contribution in [-0.4, -0.2) is 11.9 Å². The molecule has 94 valence electrons. The molecule has 0 heterocycles. The van der Waals surface area contributed by atoms with Crippen LogP contribution in [0.15, 0.2) is 4.99 Å². The Kier molecular flexibility index (Phi) is 2.26. The summed E-state index contributed by atoms with van der Waals surface area (Å²) in [7, 11) is 0. The Bertz CT molecular complexity index is 317. The fourth-order valence-electron chi connectivity index (χ4n) is 4.99. The van der Waals surface area contributed by atoms with Crippen molar-refractivity contribution in [3.8, 4) is 0 Å². The van der Waals surface area contributed by atoms with Crippen LogP contribution in [0.5, 0.6) is 0 Å². The van der Waals surface area contributed by atoms with Gasteiger partial charge in [-0.2, -0.15) is 0 Å². The monoisotopic (exact) mass is 233 g/mol. The van der Waals surface area contributed by atoms with Crippen LogP contribution < -0.4 is 11.3 Å². The SMILES string of the molecule is NNC(=NC1CC1)C1C2CC3CC(C2)CC1C3. The first-order valence-corrected chi connectivity index (χ1v) is 7.37. The van der Waals surface area contributed by atoms with E-state index in [0.717, 1.165) is 29.5 Å². The highest BCUT2D eigenvalue weighted by atomic mass is 15.3. The van der Waals surface area contributed by atoms with Crippen molar-refractivity contribution in [2.75, 3.05) is 0 Å². The first-order valence-electron chi connectivity index (χ1n) is 7.37. The van der Waals surface area contributed by atoms with Gasteiger partial charge in [0.2, 0.25) is 0 Å². The van der Waals surface area contributed by atoms with Gasteiger partial charge in [-0.15, -0.1) is 0 Å². The van der Waals surface area contributed by atoms with Crippen LogP contribution in [0, 0.1) is 29.6 Å². The van der Waals surface area contributed by atoms with E-state index < -0.39 is 0 Å². The molecule has 0 saturated heterocycles. The first kappa shape index (κ1) is 10.4. The fraction of sp³-hybridized carbons (Fsp3) is 0.929. The zero-order valence-electron chi connectivity index (χ0n) is 10.4. The third-order valence-corrected chi connectivity index (χ3v) is 5.56. The van der Waals surface area contributed by atoms with Gasteiger partial charge in [0.1, 0.15) is 5.84 Å². The average Bonchev–Trinajstić information content (AvgIpc) is 3.10. The Morgan fingerprint density at radius 2 is 1.53 bits per heavy atom. The van der Waals surface area contributed by atoms with E-state index in [-0.39, 0.29) is 0 Å². The number of aliphatic imine (C=N–C) groups is 1. The maximum atomic E-state index is 5.75. The zero-order chi connectivity index (χ0) is 11.4. The van der Waals surface area contributed by atoms with Crippen LogP contribution in [-0.2, 0) is 0 Å². The Labute approximate surface area is 103 Å². The van der Waals surface area contributed by atoms with Gasteiger partial charge in [-0.05, 0) is 68.6 Å². The lowest BCUT2D eigenvalue weighted by Crippen LogP contribution is -2.52. The van der Waals surface area contributed by atoms with Crippen LogP contribution in [0.2, 0.25) is 0 Å². The van der Waals surface area contributed by atoms with Crippen LogP contribution in [0.3, 0.4) is 0 Å². The molecule has 17 heavy (non-hydrogen) atoms. The Hall–Kier alpha value is -0.570. The minimum absolute atomic E-state index is 0.596. The molecule has 0 aliphatic heterocycles. The first-order chi connectivity index (χ1) is 8.33. The summed E-state index contributed by atoms with van der Waals surface area (Å²) in [4.78, 5) is 4.83. The number of hydrazine groups is 1. The van der Waals surface area contributed by atoms with Crippen molar-refractivity contribution in [1.82, 2.24) is 5.43 Å². The second-order valence-electron chi connectivity index (χ2n) is 6.85. The van der Waals surface area contributed by atoms with E-state index in [1.165, 1.54) is 44.9 Å². The molecule has 4 bridgehead atoms. The summed E-state index contributed by atoms with van der Waals surface area (Å²) in [5.41, 5.74) is 2.95. The van der Waals surface area contributed by atoms with E-state index in [1.54, 1.807) is 0 Å². The summed E-state index contributed by atoms with van der Waals surface area (Å²) >= 11 is 0. The van der Waals surface area contributed by atoms with Crippen LogP contribution in [0.1, 0.15) is 44.9 Å². The van der Waals surface area contributed by atoms with Gasteiger partial charge in [-0.25, -0.2) is 5.84 Å². The number of rotatable bonds is 2. The molecule has 5 saturated carbocycles. The molecule has 3 heteroatoms. The van der Waals surface area contributed by atoms with E-state index in [4.69, 9.17) is 10.8 Å². The van der Waals surface area contributed by atoms with Crippen molar-refractivity contribution in [1.29, 1.82) is 0 Å². The molecule has 0 aromatic carbocycles. The number of nitrogens with two attached hydrogens (primary N) is 1. The van der Waals surface area contributed by atoms with Gasteiger partial charge in [-0.1, -0.05) is 0 Å². The molecular formula is C14H23N3. The molecule has 5 aliphatic carbocycles. The Balaban J connectivity index is 1.60. The van der Waals surface area contributed by atoms with Crippen LogP contribution >= 0.6 is 0 Å². The molecule has 0 spiro atoms. The number of nitrogens with one attached hydrogen (secondary N) is 1. The van der Waals surface area contributed by atoms with Gasteiger partial charge in [0, 0.05) is 5.92 Å². The molecule has 0 aromatic heterocycles. The highest BCUT2D eigenvalue weighted by Gasteiger charge is 2.50. The number of hydrogen-bond donors (Lipinski definition) is 2. The number of amidine groups is 1. The quantitative estimate of drug-likeness (QED) is 0.332. The lowest BCUT2D eigenvalue weighted by Gasteiger charge is -2.54. The maximum absolute atomic E-state index is 5.75. The topological polar surface area (TPSA) is 50.4 Å². The second kappa shape index (κ2) is 3.71. The maximum Gasteiger partial charge on any atom is 0.114 e. The number of hydrogen-bond acceptors (Lipinski definition) is 2. The highest BCUT2D eigenvalue weighted by Crippen LogP contribution is 2.56. The molecular weight excluding hydrogens is 210 g/mol. The predicted molar refractivity (Wildman–Crippen MR) is 68.3 cm³/mol. The molecule has 0 aromatic rings. The molecule has 0 amide bonds. The summed E-state index contributed by atoms with van der Waals surface area (Å²) in [5.74, 6) is 11.4. The highest BCUT2D eigenvalue weighted by molar-refractivity contribution is 5.85. The normalized spacial score (nSPS) is 48.5. The van der Waals surface area contributed by atoms with Gasteiger partial charge < -0.3 is 5.43 Å². The van der Waals surface area contributed by atoms with Gasteiger partial charge >= 0.3 is 0 Å². The van der Waals surface area contributed by atoms with Crippen molar-refractivity contribution >= 4 is 5.84 Å². The van der Waals surface area contributed by atoms with Crippen molar-refractivity contribution in [2.24, 2.45) is 40.4 Å². The molecule has 5 rings (SSSR count). The minimum atomic E-state index is 0.596. The molecule has 0 unspecified atom stereocenters. The summed E-state index contributed by atoms with van der Waals surface area (Å²) in [6.07, 6.45) is 9.86. The smallest absolute Gasteiger partial charge is 0.114 e. The van der Waals surface area contributed by atoms with E-state index in [2.05, 4.69) is 5.43 Å². The standard InChI is InChI=1S/C14H23N3/c15-17-14(16-12-1-2-12)13-10-4-8-3-9(6-10)7-11(13)5-8/h8-13H,1-7,15H2,(H,16,17). The molecule has 3 N–H and O–H groups in total. The van der Waals surface area contributed by atoms with Gasteiger partial charge in [0.05, 0.1) is 6.04 Å². The summed E-state index contributed by atoms with van der Waals surface area (Å²) in [5, 5.41) is 0. The molecule has 3 nitrogen and oxygen atoms in total. The predicted octanol–water partition coefficient (Wildman–Crippen LogP) is 2.08. The summed E-state index contributed by atoms with van der Waals surface area (Å²) in [6, 6.07) is 0.596. The summed E-state index contributed by atoms with van der Waals surface area (Å²) < 4.78 is 0. The lowest BCUT2D eigenvalue weighted by atomic mass is 9.51. The summed E-state index contributed by atoms with van der Waals surface area (Å²) in [6.45, 7) is 0. The molecule has 5 fully saturated rings. The number of nitrogens with zero attached hydrogens (tertiary/aromatic N) is 1. The molecule has 0 radical (unpaired) electrons. The van der Waals surface area contributed by atoms with Crippen molar-refractivity contribution in [2.45, 2.75) is 51.0 Å². The minimum Gasteiger partial charge on any atom is -0.312 e. The molecule has 0 atom stereocenters. The second-order valence-corrected chi connectivity index (χ2v) is 6.85. The van der Waals surface area contributed by atoms with Crippen molar-refractivity contribution in [3.05, 3.63) is 0 Å². The van der Waals surface area contributed by atoms with Crippen LogP contribution in [0.4, 0.5) is 0 Å². The van der Waals surface area contributed by atoms with E-state index in [1.807, 2.05) is 0 Å². The Morgan fingerprint density at radius 3 is 2.00 bits per heavy atom. The average molecular weight is 233 g/mol. The van der Waals surface area contributed by atoms with E-state index in [9.17, 15) is 0 Å². The Morgan fingerprint density at radius 1 is 0.941 bits per heavy atom. The van der Waals surface area contributed by atoms with Crippen LogP contribution in [0.25, 0.3) is 0 Å². The zero-order valence-corrected chi connectivity index (χ0v) is 10.4. The third-order valence-electron chi connectivity index (χ3n) is 5.56. The van der Waals surface area contributed by atoms with Gasteiger partial charge in [-0.3, -0.25) is 4.99 Å². The molecule has 5 aliphatic rings. The van der Waals surface area contributed by atoms with Gasteiger partial charge in [0.15, 0.2) is 0 Å². The third kappa shape index (κ3) is 1.70. The lowest BCUT2D eigenvalue weighted by molar-refractivity contribution is -0.00955. The van der Waals surface area contributed by atoms with E-state index >= 15 is 0 Å². The van der Waals surface area contributed by atoms with E-state index in [0.29, 0.717) is 12.0 Å². The van der Waals surface area contributed by atoms with Crippen molar-refractivity contribution < 1.29 is 0 Å².